The minimum Gasteiger partial charge on any atom is -0.491 e. The molecule has 1 unspecified atom stereocenters. The molecule has 5 nitrogen and oxygen atoms in total. The first-order valence-electron chi connectivity index (χ1n) is 9.14. The SMILES string of the molecule is O=C(CC1COc2ccccc2NC1=O)Nc1cccc2c1CCCC2. The van der Waals surface area contributed by atoms with E-state index >= 15 is 0 Å². The first-order valence-corrected chi connectivity index (χ1v) is 9.14. The van der Waals surface area contributed by atoms with Crippen molar-refractivity contribution in [3.8, 4) is 5.75 Å². The van der Waals surface area contributed by atoms with Gasteiger partial charge in [0.25, 0.3) is 0 Å². The van der Waals surface area contributed by atoms with Gasteiger partial charge in [0, 0.05) is 12.1 Å². The van der Waals surface area contributed by atoms with Crippen LogP contribution in [-0.4, -0.2) is 18.4 Å². The first kappa shape index (κ1) is 16.6. The maximum absolute atomic E-state index is 12.6. The monoisotopic (exact) mass is 350 g/mol. The third-order valence-corrected chi connectivity index (χ3v) is 5.06. The minimum absolute atomic E-state index is 0.101. The summed E-state index contributed by atoms with van der Waals surface area (Å²) >= 11 is 0. The number of anilines is 2. The summed E-state index contributed by atoms with van der Waals surface area (Å²) in [6.07, 6.45) is 4.51. The van der Waals surface area contributed by atoms with Crippen molar-refractivity contribution in [1.29, 1.82) is 0 Å². The van der Waals surface area contributed by atoms with E-state index in [1.165, 1.54) is 17.5 Å². The number of benzene rings is 2. The van der Waals surface area contributed by atoms with E-state index in [1.54, 1.807) is 6.07 Å². The van der Waals surface area contributed by atoms with Gasteiger partial charge >= 0.3 is 0 Å². The fourth-order valence-electron chi connectivity index (χ4n) is 3.67. The van der Waals surface area contributed by atoms with Gasteiger partial charge < -0.3 is 15.4 Å². The average molecular weight is 350 g/mol. The highest BCUT2D eigenvalue weighted by atomic mass is 16.5. The molecular weight excluding hydrogens is 328 g/mol. The van der Waals surface area contributed by atoms with Gasteiger partial charge in [0.2, 0.25) is 11.8 Å². The van der Waals surface area contributed by atoms with E-state index in [2.05, 4.69) is 16.7 Å². The van der Waals surface area contributed by atoms with Gasteiger partial charge in [-0.2, -0.15) is 0 Å². The molecule has 2 aromatic carbocycles. The van der Waals surface area contributed by atoms with Crippen molar-refractivity contribution in [3.05, 3.63) is 53.6 Å². The van der Waals surface area contributed by atoms with Gasteiger partial charge in [-0.05, 0) is 55.0 Å². The van der Waals surface area contributed by atoms with Gasteiger partial charge in [0.1, 0.15) is 12.4 Å². The van der Waals surface area contributed by atoms with Crippen molar-refractivity contribution in [2.75, 3.05) is 17.2 Å². The van der Waals surface area contributed by atoms with Crippen LogP contribution in [0.3, 0.4) is 0 Å². The Morgan fingerprint density at radius 2 is 1.96 bits per heavy atom. The third-order valence-electron chi connectivity index (χ3n) is 5.06. The largest absolute Gasteiger partial charge is 0.491 e. The van der Waals surface area contributed by atoms with Crippen LogP contribution >= 0.6 is 0 Å². The smallest absolute Gasteiger partial charge is 0.231 e. The highest BCUT2D eigenvalue weighted by molar-refractivity contribution is 5.99. The van der Waals surface area contributed by atoms with E-state index in [0.717, 1.165) is 24.9 Å². The Bertz CT molecular complexity index is 847. The van der Waals surface area contributed by atoms with E-state index in [1.807, 2.05) is 30.3 Å². The molecule has 2 aliphatic rings. The Hall–Kier alpha value is -2.82. The molecule has 1 aliphatic heterocycles. The van der Waals surface area contributed by atoms with Crippen LogP contribution in [0.25, 0.3) is 0 Å². The maximum Gasteiger partial charge on any atom is 0.231 e. The quantitative estimate of drug-likeness (QED) is 0.890. The zero-order valence-corrected chi connectivity index (χ0v) is 14.6. The highest BCUT2D eigenvalue weighted by Crippen LogP contribution is 2.30. The molecule has 0 aromatic heterocycles. The Morgan fingerprint density at radius 3 is 2.88 bits per heavy atom. The molecular formula is C21H22N2O3. The normalized spacial score (nSPS) is 18.6. The lowest BCUT2D eigenvalue weighted by Crippen LogP contribution is -2.30. The number of hydrogen-bond donors (Lipinski definition) is 2. The maximum atomic E-state index is 12.6. The van der Waals surface area contributed by atoms with Gasteiger partial charge in [-0.1, -0.05) is 24.3 Å². The number of amides is 2. The molecule has 1 atom stereocenters. The summed E-state index contributed by atoms with van der Waals surface area (Å²) < 4.78 is 5.71. The summed E-state index contributed by atoms with van der Waals surface area (Å²) in [6, 6.07) is 13.4. The third kappa shape index (κ3) is 3.43. The summed E-state index contributed by atoms with van der Waals surface area (Å²) in [5, 5.41) is 5.85. The molecule has 5 heteroatoms. The van der Waals surface area contributed by atoms with Gasteiger partial charge in [-0.25, -0.2) is 0 Å². The molecule has 2 aromatic rings. The fraction of sp³-hybridized carbons (Fsp3) is 0.333. The summed E-state index contributed by atoms with van der Waals surface area (Å²) in [5.74, 6) is -0.207. The van der Waals surface area contributed by atoms with Crippen molar-refractivity contribution in [3.63, 3.8) is 0 Å². The van der Waals surface area contributed by atoms with E-state index in [-0.39, 0.29) is 24.8 Å². The summed E-state index contributed by atoms with van der Waals surface area (Å²) in [5.41, 5.74) is 4.09. The van der Waals surface area contributed by atoms with Gasteiger partial charge in [-0.3, -0.25) is 9.59 Å². The molecule has 2 N–H and O–H groups in total. The van der Waals surface area contributed by atoms with E-state index in [0.29, 0.717) is 11.4 Å². The lowest BCUT2D eigenvalue weighted by molar-refractivity contribution is -0.125. The Morgan fingerprint density at radius 1 is 1.12 bits per heavy atom. The Labute approximate surface area is 152 Å². The zero-order valence-electron chi connectivity index (χ0n) is 14.6. The van der Waals surface area contributed by atoms with Crippen molar-refractivity contribution >= 4 is 23.2 Å². The fourth-order valence-corrected chi connectivity index (χ4v) is 3.67. The second kappa shape index (κ2) is 7.20. The molecule has 1 aliphatic carbocycles. The molecule has 0 saturated carbocycles. The molecule has 0 radical (unpaired) electrons. The molecule has 134 valence electrons. The average Bonchev–Trinajstić information content (AvgIpc) is 2.81. The molecule has 4 rings (SSSR count). The molecule has 2 amide bonds. The number of carbonyl (C=O) groups excluding carboxylic acids is 2. The Kier molecular flexibility index (Phi) is 4.61. The van der Waals surface area contributed by atoms with Crippen LogP contribution in [0.15, 0.2) is 42.5 Å². The van der Waals surface area contributed by atoms with Crippen molar-refractivity contribution in [1.82, 2.24) is 0 Å². The van der Waals surface area contributed by atoms with Crippen LogP contribution in [0.2, 0.25) is 0 Å². The van der Waals surface area contributed by atoms with Crippen LogP contribution < -0.4 is 15.4 Å². The predicted molar refractivity (Wildman–Crippen MR) is 100 cm³/mol. The number of carbonyl (C=O) groups is 2. The number of rotatable bonds is 3. The van der Waals surface area contributed by atoms with Crippen LogP contribution in [0.1, 0.15) is 30.4 Å². The molecule has 0 saturated heterocycles. The number of aryl methyl sites for hydroxylation is 1. The standard InChI is InChI=1S/C21H22N2O3/c24-20(22-17-10-5-7-14-6-1-2-8-16(14)17)12-15-13-26-19-11-4-3-9-18(19)23-21(15)25/h3-5,7,9-11,15H,1-2,6,8,12-13H2,(H,22,24)(H,23,25). The van der Waals surface area contributed by atoms with Crippen LogP contribution in [-0.2, 0) is 22.4 Å². The molecule has 1 heterocycles. The summed E-state index contributed by atoms with van der Waals surface area (Å²) in [6.45, 7) is 0.198. The molecule has 0 bridgehead atoms. The lowest BCUT2D eigenvalue weighted by Gasteiger charge is -2.20. The zero-order chi connectivity index (χ0) is 17.9. The van der Waals surface area contributed by atoms with Gasteiger partial charge in [0.15, 0.2) is 0 Å². The lowest BCUT2D eigenvalue weighted by atomic mass is 9.90. The van der Waals surface area contributed by atoms with Crippen LogP contribution in [0, 0.1) is 5.92 Å². The minimum atomic E-state index is -0.512. The van der Waals surface area contributed by atoms with E-state index in [4.69, 9.17) is 4.74 Å². The van der Waals surface area contributed by atoms with Crippen molar-refractivity contribution in [2.24, 2.45) is 5.92 Å². The second-order valence-electron chi connectivity index (χ2n) is 6.90. The van der Waals surface area contributed by atoms with Gasteiger partial charge in [-0.15, -0.1) is 0 Å². The van der Waals surface area contributed by atoms with Crippen molar-refractivity contribution in [2.45, 2.75) is 32.1 Å². The number of ether oxygens (including phenoxy) is 1. The van der Waals surface area contributed by atoms with Gasteiger partial charge in [0.05, 0.1) is 11.6 Å². The first-order chi connectivity index (χ1) is 12.7. The van der Waals surface area contributed by atoms with Crippen LogP contribution in [0.5, 0.6) is 5.75 Å². The molecule has 26 heavy (non-hydrogen) atoms. The number of para-hydroxylation sites is 2. The van der Waals surface area contributed by atoms with E-state index < -0.39 is 5.92 Å². The number of fused-ring (bicyclic) bond motifs is 2. The van der Waals surface area contributed by atoms with Crippen molar-refractivity contribution < 1.29 is 14.3 Å². The summed E-state index contributed by atoms with van der Waals surface area (Å²) in [4.78, 5) is 25.0. The highest BCUT2D eigenvalue weighted by Gasteiger charge is 2.27. The topological polar surface area (TPSA) is 67.4 Å². The predicted octanol–water partition coefficient (Wildman–Crippen LogP) is 3.54. The summed E-state index contributed by atoms with van der Waals surface area (Å²) in [7, 11) is 0. The number of hydrogen-bond acceptors (Lipinski definition) is 3. The second-order valence-corrected chi connectivity index (χ2v) is 6.90. The van der Waals surface area contributed by atoms with Crippen LogP contribution in [0.4, 0.5) is 11.4 Å². The number of nitrogens with one attached hydrogen (secondary N) is 2. The molecule has 0 spiro atoms. The molecule has 0 fully saturated rings. The Balaban J connectivity index is 1.43. The van der Waals surface area contributed by atoms with E-state index in [9.17, 15) is 9.59 Å².